The van der Waals surface area contributed by atoms with Crippen molar-refractivity contribution in [1.29, 1.82) is 0 Å². The number of thiazole rings is 1. The molecule has 0 unspecified atom stereocenters. The number of rotatable bonds is 3. The summed E-state index contributed by atoms with van der Waals surface area (Å²) in [5.41, 5.74) is 5.67. The van der Waals surface area contributed by atoms with Crippen LogP contribution in [0.2, 0.25) is 0 Å². The number of ketones is 1. The van der Waals surface area contributed by atoms with E-state index >= 15 is 0 Å². The molecule has 0 aliphatic heterocycles. The zero-order valence-corrected chi connectivity index (χ0v) is 7.84. The van der Waals surface area contributed by atoms with E-state index in [1.165, 1.54) is 11.3 Å². The highest BCUT2D eigenvalue weighted by Crippen LogP contribution is 2.12. The van der Waals surface area contributed by atoms with Gasteiger partial charge in [-0.05, 0) is 0 Å². The van der Waals surface area contributed by atoms with Gasteiger partial charge in [-0.3, -0.25) is 4.79 Å². The Balaban J connectivity index is 2.99. The van der Waals surface area contributed by atoms with Crippen LogP contribution in [0.4, 0.5) is 5.13 Å². The SMILES string of the molecule is CCC(=O)/C(=N\O)c1csc(N)n1. The summed E-state index contributed by atoms with van der Waals surface area (Å²) in [7, 11) is 0. The smallest absolute Gasteiger partial charge is 0.186 e. The molecule has 1 aromatic rings. The molecule has 5 nitrogen and oxygen atoms in total. The van der Waals surface area contributed by atoms with Crippen LogP contribution in [0.25, 0.3) is 0 Å². The van der Waals surface area contributed by atoms with Crippen LogP contribution in [0.15, 0.2) is 10.5 Å². The van der Waals surface area contributed by atoms with E-state index in [0.717, 1.165) is 0 Å². The molecule has 0 saturated heterocycles. The van der Waals surface area contributed by atoms with Gasteiger partial charge in [-0.2, -0.15) is 0 Å². The van der Waals surface area contributed by atoms with E-state index in [-0.39, 0.29) is 17.9 Å². The van der Waals surface area contributed by atoms with Crippen molar-refractivity contribution in [1.82, 2.24) is 4.98 Å². The molecular formula is C7H9N3O2S. The number of nitrogen functional groups attached to an aromatic ring is 1. The lowest BCUT2D eigenvalue weighted by Gasteiger charge is -1.95. The summed E-state index contributed by atoms with van der Waals surface area (Å²) in [6.45, 7) is 1.68. The highest BCUT2D eigenvalue weighted by atomic mass is 32.1. The normalized spacial score (nSPS) is 11.6. The fraction of sp³-hybridized carbons (Fsp3) is 0.286. The van der Waals surface area contributed by atoms with Crippen LogP contribution in [0.1, 0.15) is 19.0 Å². The summed E-state index contributed by atoms with van der Waals surface area (Å²) in [5.74, 6) is -0.257. The maximum atomic E-state index is 11.2. The van der Waals surface area contributed by atoms with E-state index in [1.807, 2.05) is 0 Å². The van der Waals surface area contributed by atoms with Crippen molar-refractivity contribution in [3.63, 3.8) is 0 Å². The van der Waals surface area contributed by atoms with Crippen molar-refractivity contribution in [2.24, 2.45) is 5.16 Å². The number of oxime groups is 1. The maximum Gasteiger partial charge on any atom is 0.186 e. The predicted octanol–water partition coefficient (Wildman–Crippen LogP) is 0.883. The summed E-state index contributed by atoms with van der Waals surface area (Å²) in [5, 5.41) is 13.4. The molecule has 3 N–H and O–H groups in total. The summed E-state index contributed by atoms with van der Waals surface area (Å²) >= 11 is 1.20. The first kappa shape index (κ1) is 9.66. The van der Waals surface area contributed by atoms with E-state index in [4.69, 9.17) is 10.9 Å². The lowest BCUT2D eigenvalue weighted by molar-refractivity contribution is -0.112. The van der Waals surface area contributed by atoms with Crippen molar-refractivity contribution in [3.8, 4) is 0 Å². The molecule has 0 fully saturated rings. The molecule has 13 heavy (non-hydrogen) atoms. The first-order valence-electron chi connectivity index (χ1n) is 3.65. The Kier molecular flexibility index (Phi) is 2.97. The largest absolute Gasteiger partial charge is 0.410 e. The Hall–Kier alpha value is -1.43. The molecule has 6 heteroatoms. The first-order chi connectivity index (χ1) is 6.19. The molecule has 0 bridgehead atoms. The number of carbonyl (C=O) groups is 1. The highest BCUT2D eigenvalue weighted by molar-refractivity contribution is 7.13. The second kappa shape index (κ2) is 3.99. The summed E-state index contributed by atoms with van der Waals surface area (Å²) in [6.07, 6.45) is 0.275. The van der Waals surface area contributed by atoms with Crippen LogP contribution in [-0.4, -0.2) is 21.7 Å². The van der Waals surface area contributed by atoms with Gasteiger partial charge < -0.3 is 10.9 Å². The van der Waals surface area contributed by atoms with Gasteiger partial charge in [0.25, 0.3) is 0 Å². The molecule has 1 heterocycles. The van der Waals surface area contributed by atoms with E-state index in [0.29, 0.717) is 10.8 Å². The second-order valence-corrected chi connectivity index (χ2v) is 3.19. The topological polar surface area (TPSA) is 88.6 Å². The Morgan fingerprint density at radius 2 is 2.54 bits per heavy atom. The Labute approximate surface area is 78.9 Å². The third-order valence-electron chi connectivity index (χ3n) is 1.45. The molecule has 0 saturated carbocycles. The zero-order chi connectivity index (χ0) is 9.84. The summed E-state index contributed by atoms with van der Waals surface area (Å²) < 4.78 is 0. The van der Waals surface area contributed by atoms with Crippen LogP contribution in [0, 0.1) is 0 Å². The predicted molar refractivity (Wildman–Crippen MR) is 50.1 cm³/mol. The van der Waals surface area contributed by atoms with Gasteiger partial charge in [0.15, 0.2) is 16.6 Å². The second-order valence-electron chi connectivity index (χ2n) is 2.30. The number of Topliss-reactive ketones (excluding diaryl/α,β-unsaturated/α-hetero) is 1. The fourth-order valence-electron chi connectivity index (χ4n) is 0.814. The number of hydrogen-bond donors (Lipinski definition) is 2. The lowest BCUT2D eigenvalue weighted by Crippen LogP contribution is -2.14. The maximum absolute atomic E-state index is 11.2. The zero-order valence-electron chi connectivity index (χ0n) is 7.02. The monoisotopic (exact) mass is 199 g/mol. The average molecular weight is 199 g/mol. The number of nitrogens with zero attached hydrogens (tertiary/aromatic N) is 2. The third kappa shape index (κ3) is 2.03. The van der Waals surface area contributed by atoms with Crippen LogP contribution < -0.4 is 5.73 Å². The van der Waals surface area contributed by atoms with E-state index in [1.54, 1.807) is 12.3 Å². The van der Waals surface area contributed by atoms with E-state index in [9.17, 15) is 4.79 Å². The molecule has 70 valence electrons. The number of carbonyl (C=O) groups excluding carboxylic acids is 1. The first-order valence-corrected chi connectivity index (χ1v) is 4.53. The van der Waals surface area contributed by atoms with Gasteiger partial charge in [0.1, 0.15) is 5.69 Å². The van der Waals surface area contributed by atoms with Crippen LogP contribution >= 0.6 is 11.3 Å². The molecule has 0 amide bonds. The van der Waals surface area contributed by atoms with Gasteiger partial charge in [0.2, 0.25) is 0 Å². The van der Waals surface area contributed by atoms with Gasteiger partial charge in [0, 0.05) is 11.8 Å². The van der Waals surface area contributed by atoms with Crippen molar-refractivity contribution < 1.29 is 10.0 Å². The van der Waals surface area contributed by atoms with Crippen molar-refractivity contribution >= 4 is 28.0 Å². The van der Waals surface area contributed by atoms with Gasteiger partial charge in [-0.15, -0.1) is 11.3 Å². The molecular weight excluding hydrogens is 190 g/mol. The molecule has 0 aromatic carbocycles. The third-order valence-corrected chi connectivity index (χ3v) is 2.12. The summed E-state index contributed by atoms with van der Waals surface area (Å²) in [6, 6.07) is 0. The summed E-state index contributed by atoms with van der Waals surface area (Å²) in [4.78, 5) is 15.0. The van der Waals surface area contributed by atoms with Gasteiger partial charge in [-0.25, -0.2) is 4.98 Å². The Bertz CT molecular complexity index is 345. The minimum absolute atomic E-state index is 0.0320. The molecule has 0 spiro atoms. The number of hydrogen-bond acceptors (Lipinski definition) is 6. The highest BCUT2D eigenvalue weighted by Gasteiger charge is 2.15. The Morgan fingerprint density at radius 1 is 1.85 bits per heavy atom. The number of nitrogens with two attached hydrogens (primary N) is 1. The van der Waals surface area contributed by atoms with Crippen molar-refractivity contribution in [3.05, 3.63) is 11.1 Å². The van der Waals surface area contributed by atoms with Gasteiger partial charge in [-0.1, -0.05) is 12.1 Å². The molecule has 0 radical (unpaired) electrons. The van der Waals surface area contributed by atoms with E-state index < -0.39 is 0 Å². The minimum Gasteiger partial charge on any atom is -0.410 e. The molecule has 0 aliphatic carbocycles. The number of anilines is 1. The van der Waals surface area contributed by atoms with Crippen molar-refractivity contribution in [2.45, 2.75) is 13.3 Å². The minimum atomic E-state index is -0.257. The van der Waals surface area contributed by atoms with Gasteiger partial charge in [0.05, 0.1) is 0 Å². The van der Waals surface area contributed by atoms with Crippen LogP contribution in [0.3, 0.4) is 0 Å². The fourth-order valence-corrected chi connectivity index (χ4v) is 1.36. The Morgan fingerprint density at radius 3 is 2.92 bits per heavy atom. The quantitative estimate of drug-likeness (QED) is 0.429. The van der Waals surface area contributed by atoms with E-state index in [2.05, 4.69) is 10.1 Å². The molecule has 1 rings (SSSR count). The number of aromatic nitrogens is 1. The molecule has 0 atom stereocenters. The lowest BCUT2D eigenvalue weighted by atomic mass is 10.1. The van der Waals surface area contributed by atoms with Crippen LogP contribution in [-0.2, 0) is 4.79 Å². The average Bonchev–Trinajstić information content (AvgIpc) is 2.53. The van der Waals surface area contributed by atoms with Gasteiger partial charge >= 0.3 is 0 Å². The molecule has 1 aromatic heterocycles. The van der Waals surface area contributed by atoms with Crippen LogP contribution in [0.5, 0.6) is 0 Å². The molecule has 0 aliphatic rings. The standard InChI is InChI=1S/C7H9N3O2S/c1-2-5(11)6(10-12)4-3-13-7(8)9-4/h3,12H,2H2,1H3,(H2,8,9)/b10-6-. The van der Waals surface area contributed by atoms with Crippen molar-refractivity contribution in [2.75, 3.05) is 5.73 Å².